The predicted molar refractivity (Wildman–Crippen MR) is 92.1 cm³/mol. The summed E-state index contributed by atoms with van der Waals surface area (Å²) in [6.45, 7) is 0. The predicted octanol–water partition coefficient (Wildman–Crippen LogP) is 6.45. The third-order valence-corrected chi connectivity index (χ3v) is 3.96. The van der Waals surface area contributed by atoms with Crippen molar-refractivity contribution in [1.82, 2.24) is 0 Å². The van der Waals surface area contributed by atoms with Crippen molar-refractivity contribution >= 4 is 11.6 Å². The Bertz CT molecular complexity index is 1130. The molecule has 0 atom stereocenters. The second kappa shape index (κ2) is 8.25. The average molecular weight is 447 g/mol. The van der Waals surface area contributed by atoms with Gasteiger partial charge in [-0.05, 0) is 24.3 Å². The van der Waals surface area contributed by atoms with E-state index in [-0.39, 0.29) is 5.69 Å². The number of alkyl halides is 3. The van der Waals surface area contributed by atoms with Crippen LogP contribution in [0.2, 0.25) is 0 Å². The van der Waals surface area contributed by atoms with Gasteiger partial charge in [-0.2, -0.15) is 22.0 Å². The molecule has 0 saturated carbocycles. The molecule has 0 spiro atoms. The van der Waals surface area contributed by atoms with Crippen molar-refractivity contribution in [1.29, 1.82) is 0 Å². The van der Waals surface area contributed by atoms with Crippen LogP contribution in [-0.2, 0) is 6.18 Å². The van der Waals surface area contributed by atoms with Gasteiger partial charge >= 0.3 is 6.18 Å². The fourth-order valence-electron chi connectivity index (χ4n) is 2.56. The smallest absolute Gasteiger partial charge is 0.417 e. The highest BCUT2D eigenvalue weighted by Crippen LogP contribution is 2.34. The van der Waals surface area contributed by atoms with E-state index in [4.69, 9.17) is 4.74 Å². The molecule has 162 valence electrons. The maximum atomic E-state index is 13.8. The van der Waals surface area contributed by atoms with E-state index >= 15 is 0 Å². The molecule has 0 bridgehead atoms. The van der Waals surface area contributed by atoms with Gasteiger partial charge in [0.1, 0.15) is 5.75 Å². The third-order valence-electron chi connectivity index (χ3n) is 3.96. The quantitative estimate of drug-likeness (QED) is 0.284. The molecule has 1 N–H and O–H groups in total. The van der Waals surface area contributed by atoms with E-state index in [9.17, 15) is 39.9 Å². The fourth-order valence-corrected chi connectivity index (χ4v) is 2.56. The molecule has 0 heterocycles. The zero-order valence-electron chi connectivity index (χ0n) is 15.0. The Morgan fingerprint density at radius 3 is 1.97 bits per heavy atom. The number of carbonyl (C=O) groups excluding carboxylic acids is 1. The van der Waals surface area contributed by atoms with Gasteiger partial charge in [0.25, 0.3) is 5.91 Å². The molecule has 0 radical (unpaired) electrons. The Morgan fingerprint density at radius 1 is 0.774 bits per heavy atom. The van der Waals surface area contributed by atoms with Crippen molar-refractivity contribution in [3.8, 4) is 11.5 Å². The Morgan fingerprint density at radius 2 is 1.35 bits per heavy atom. The molecule has 11 heteroatoms. The van der Waals surface area contributed by atoms with Crippen molar-refractivity contribution in [3.63, 3.8) is 0 Å². The van der Waals surface area contributed by atoms with E-state index in [1.807, 2.05) is 0 Å². The molecule has 3 aromatic carbocycles. The zero-order valence-corrected chi connectivity index (χ0v) is 15.0. The number of hydrogen-bond acceptors (Lipinski definition) is 2. The maximum Gasteiger partial charge on any atom is 0.417 e. The zero-order chi connectivity index (χ0) is 22.9. The lowest BCUT2D eigenvalue weighted by Crippen LogP contribution is -2.18. The first-order valence-electron chi connectivity index (χ1n) is 8.27. The maximum absolute atomic E-state index is 13.8. The number of nitrogens with one attached hydrogen (secondary N) is 1. The molecule has 0 aliphatic heterocycles. The minimum Gasteiger partial charge on any atom is -0.451 e. The lowest BCUT2D eigenvalue weighted by molar-refractivity contribution is -0.137. The molecule has 1 amide bonds. The van der Waals surface area contributed by atoms with Crippen molar-refractivity contribution < 1.29 is 44.7 Å². The van der Waals surface area contributed by atoms with Gasteiger partial charge in [-0.25, -0.2) is 13.2 Å². The van der Waals surface area contributed by atoms with Gasteiger partial charge in [0.2, 0.25) is 34.8 Å². The summed E-state index contributed by atoms with van der Waals surface area (Å²) in [6, 6.07) is 8.33. The Hall–Kier alpha value is -3.63. The molecule has 0 unspecified atom stereocenters. The van der Waals surface area contributed by atoms with E-state index < -0.39 is 63.8 Å². The number of carbonyl (C=O) groups is 1. The highest BCUT2D eigenvalue weighted by molar-refractivity contribution is 6.05. The van der Waals surface area contributed by atoms with Gasteiger partial charge in [-0.1, -0.05) is 18.2 Å². The van der Waals surface area contributed by atoms with Crippen LogP contribution < -0.4 is 10.1 Å². The van der Waals surface area contributed by atoms with Gasteiger partial charge in [0.15, 0.2) is 0 Å². The normalized spacial score (nSPS) is 11.4. The summed E-state index contributed by atoms with van der Waals surface area (Å²) in [5.41, 5.74) is -2.05. The van der Waals surface area contributed by atoms with Crippen molar-refractivity contribution in [2.45, 2.75) is 6.18 Å². The summed E-state index contributed by atoms with van der Waals surface area (Å²) in [4.78, 5) is 12.3. The van der Waals surface area contributed by atoms with Crippen molar-refractivity contribution in [2.24, 2.45) is 0 Å². The van der Waals surface area contributed by atoms with E-state index in [2.05, 4.69) is 5.32 Å². The number of ether oxygens (including phenoxy) is 1. The molecule has 0 aliphatic carbocycles. The van der Waals surface area contributed by atoms with E-state index in [1.54, 1.807) is 0 Å². The third kappa shape index (κ3) is 4.44. The molecular formula is C20H9F8NO2. The molecule has 31 heavy (non-hydrogen) atoms. The van der Waals surface area contributed by atoms with Gasteiger partial charge in [-0.15, -0.1) is 0 Å². The van der Waals surface area contributed by atoms with Crippen LogP contribution in [0.5, 0.6) is 11.5 Å². The van der Waals surface area contributed by atoms with Crippen LogP contribution in [0.25, 0.3) is 0 Å². The number of rotatable bonds is 4. The van der Waals surface area contributed by atoms with Crippen LogP contribution in [0.15, 0.2) is 48.5 Å². The molecule has 0 aromatic heterocycles. The van der Waals surface area contributed by atoms with Crippen molar-refractivity contribution in [3.05, 3.63) is 88.7 Å². The first kappa shape index (κ1) is 22.1. The Balaban J connectivity index is 1.89. The largest absolute Gasteiger partial charge is 0.451 e. The number of hydrogen-bond donors (Lipinski definition) is 1. The van der Waals surface area contributed by atoms with Gasteiger partial charge in [0.05, 0.1) is 11.1 Å². The van der Waals surface area contributed by atoms with Crippen molar-refractivity contribution in [2.75, 3.05) is 5.32 Å². The van der Waals surface area contributed by atoms with Crippen LogP contribution in [-0.4, -0.2) is 5.91 Å². The average Bonchev–Trinajstić information content (AvgIpc) is 2.73. The standard InChI is InChI=1S/C20H9F8NO2/c21-13-14(22)16(24)18(17(25)15(13)23)31-10-5-3-4-9(8-10)29-19(30)11-6-1-2-7-12(11)20(26,27)28/h1-8H,(H,29,30). The van der Waals surface area contributed by atoms with E-state index in [0.29, 0.717) is 6.07 Å². The summed E-state index contributed by atoms with van der Waals surface area (Å²) in [6.07, 6.45) is -4.80. The minimum absolute atomic E-state index is 0.164. The first-order chi connectivity index (χ1) is 14.5. The van der Waals surface area contributed by atoms with Crippen LogP contribution in [0, 0.1) is 29.1 Å². The molecule has 3 nitrogen and oxygen atoms in total. The van der Waals surface area contributed by atoms with E-state index in [0.717, 1.165) is 24.3 Å². The van der Waals surface area contributed by atoms with Gasteiger partial charge in [0, 0.05) is 11.8 Å². The minimum atomic E-state index is -4.80. The molecule has 3 aromatic rings. The summed E-state index contributed by atoms with van der Waals surface area (Å²) in [5.74, 6) is -14.4. The summed E-state index contributed by atoms with van der Waals surface area (Å²) in [5, 5.41) is 2.14. The summed E-state index contributed by atoms with van der Waals surface area (Å²) in [7, 11) is 0. The number of anilines is 1. The lowest BCUT2D eigenvalue weighted by atomic mass is 10.1. The molecule has 0 aliphatic rings. The number of halogens is 8. The topological polar surface area (TPSA) is 38.3 Å². The molecule has 0 fully saturated rings. The number of benzene rings is 3. The van der Waals surface area contributed by atoms with Gasteiger partial charge in [-0.3, -0.25) is 4.79 Å². The fraction of sp³-hybridized carbons (Fsp3) is 0.0500. The second-order valence-corrected chi connectivity index (χ2v) is 6.03. The Labute approximate surface area is 168 Å². The number of amides is 1. The Kier molecular flexibility index (Phi) is 5.87. The van der Waals surface area contributed by atoms with E-state index in [1.165, 1.54) is 18.2 Å². The highest BCUT2D eigenvalue weighted by Gasteiger charge is 2.35. The van der Waals surface area contributed by atoms with Crippen LogP contribution in [0.1, 0.15) is 15.9 Å². The monoisotopic (exact) mass is 447 g/mol. The highest BCUT2D eigenvalue weighted by atomic mass is 19.4. The lowest BCUT2D eigenvalue weighted by Gasteiger charge is -2.14. The molecule has 0 saturated heterocycles. The molecule has 3 rings (SSSR count). The SMILES string of the molecule is O=C(Nc1cccc(Oc2c(F)c(F)c(F)c(F)c2F)c1)c1ccccc1C(F)(F)F. The summed E-state index contributed by atoms with van der Waals surface area (Å²) < 4.78 is 111. The molecular weight excluding hydrogens is 438 g/mol. The van der Waals surface area contributed by atoms with Crippen LogP contribution >= 0.6 is 0 Å². The van der Waals surface area contributed by atoms with Crippen LogP contribution in [0.4, 0.5) is 40.8 Å². The first-order valence-corrected chi connectivity index (χ1v) is 8.27. The summed E-state index contributed by atoms with van der Waals surface area (Å²) >= 11 is 0. The van der Waals surface area contributed by atoms with Gasteiger partial charge < -0.3 is 10.1 Å². The second-order valence-electron chi connectivity index (χ2n) is 6.03. The van der Waals surface area contributed by atoms with Crippen LogP contribution in [0.3, 0.4) is 0 Å².